The van der Waals surface area contributed by atoms with Crippen LogP contribution in [0.25, 0.3) is 5.65 Å². The molecular weight excluding hydrogens is 327 g/mol. The van der Waals surface area contributed by atoms with E-state index in [1.807, 2.05) is 25.1 Å². The molecular formula is C18H17FN2O2S. The fraction of sp³-hybridized carbons (Fsp3) is 0.222. The second-order valence-corrected chi connectivity index (χ2v) is 6.38. The van der Waals surface area contributed by atoms with Gasteiger partial charge in [0, 0.05) is 28.8 Å². The molecule has 2 heterocycles. The summed E-state index contributed by atoms with van der Waals surface area (Å²) in [4.78, 5) is 16.8. The van der Waals surface area contributed by atoms with Crippen LogP contribution in [0.1, 0.15) is 17.0 Å². The van der Waals surface area contributed by atoms with Crippen LogP contribution in [-0.4, -0.2) is 16.5 Å². The van der Waals surface area contributed by atoms with Crippen LogP contribution >= 0.6 is 11.8 Å². The lowest BCUT2D eigenvalue weighted by Gasteiger charge is -2.09. The van der Waals surface area contributed by atoms with Crippen molar-refractivity contribution in [3.8, 4) is 5.75 Å². The molecule has 1 aromatic carbocycles. The molecule has 0 aliphatic rings. The number of nitrogens with zero attached hydrogens (tertiary/aromatic N) is 2. The van der Waals surface area contributed by atoms with Crippen molar-refractivity contribution < 1.29 is 9.13 Å². The van der Waals surface area contributed by atoms with Gasteiger partial charge in [0.05, 0.1) is 12.8 Å². The van der Waals surface area contributed by atoms with E-state index in [9.17, 15) is 9.18 Å². The first-order valence-electron chi connectivity index (χ1n) is 7.47. The zero-order chi connectivity index (χ0) is 17.1. The highest BCUT2D eigenvalue weighted by atomic mass is 32.2. The first kappa shape index (κ1) is 16.5. The lowest BCUT2D eigenvalue weighted by molar-refractivity contribution is 0.410. The zero-order valence-corrected chi connectivity index (χ0v) is 14.3. The normalized spacial score (nSPS) is 11.0. The van der Waals surface area contributed by atoms with Gasteiger partial charge in [-0.2, -0.15) is 11.8 Å². The monoisotopic (exact) mass is 344 g/mol. The van der Waals surface area contributed by atoms with Gasteiger partial charge >= 0.3 is 0 Å². The van der Waals surface area contributed by atoms with Crippen molar-refractivity contribution in [2.24, 2.45) is 0 Å². The number of hydrogen-bond donors (Lipinski definition) is 0. The van der Waals surface area contributed by atoms with E-state index in [4.69, 9.17) is 4.74 Å². The number of pyridine rings is 1. The Morgan fingerprint density at radius 1 is 1.21 bits per heavy atom. The Morgan fingerprint density at radius 3 is 2.83 bits per heavy atom. The number of halogens is 1. The standard InChI is InChI=1S/C18H17FN2O2S/c1-12-4-3-5-17-20-15(9-18(22)21(12)17)11-24-10-13-8-14(19)6-7-16(13)23-2/h3-9H,10-11H2,1-2H3. The van der Waals surface area contributed by atoms with Crippen LogP contribution in [-0.2, 0) is 11.5 Å². The van der Waals surface area contributed by atoms with E-state index in [-0.39, 0.29) is 11.4 Å². The van der Waals surface area contributed by atoms with Gasteiger partial charge in [0.25, 0.3) is 5.56 Å². The van der Waals surface area contributed by atoms with Crippen molar-refractivity contribution in [2.75, 3.05) is 7.11 Å². The van der Waals surface area contributed by atoms with E-state index in [2.05, 4.69) is 4.98 Å². The summed E-state index contributed by atoms with van der Waals surface area (Å²) in [6.07, 6.45) is 0. The van der Waals surface area contributed by atoms with Crippen LogP contribution in [0.5, 0.6) is 5.75 Å². The van der Waals surface area contributed by atoms with Gasteiger partial charge in [-0.15, -0.1) is 0 Å². The predicted octanol–water partition coefficient (Wildman–Crippen LogP) is 3.58. The molecule has 0 atom stereocenters. The Hall–Kier alpha value is -2.34. The maximum atomic E-state index is 13.4. The SMILES string of the molecule is COc1ccc(F)cc1CSCc1cc(=O)n2c(C)cccc2n1. The summed E-state index contributed by atoms with van der Waals surface area (Å²) in [5.74, 6) is 1.52. The summed E-state index contributed by atoms with van der Waals surface area (Å²) in [6.45, 7) is 1.88. The summed E-state index contributed by atoms with van der Waals surface area (Å²) in [6, 6.07) is 11.6. The average molecular weight is 344 g/mol. The van der Waals surface area contributed by atoms with E-state index >= 15 is 0 Å². The Labute approximate surface area is 143 Å². The van der Waals surface area contributed by atoms with E-state index in [1.54, 1.807) is 35.4 Å². The molecule has 0 aliphatic heterocycles. The molecule has 0 amide bonds. The highest BCUT2D eigenvalue weighted by Crippen LogP contribution is 2.25. The Bertz CT molecular complexity index is 940. The predicted molar refractivity (Wildman–Crippen MR) is 94.2 cm³/mol. The Balaban J connectivity index is 1.77. The number of aromatic nitrogens is 2. The largest absolute Gasteiger partial charge is 0.496 e. The van der Waals surface area contributed by atoms with Crippen LogP contribution in [0.2, 0.25) is 0 Å². The van der Waals surface area contributed by atoms with Crippen LogP contribution < -0.4 is 10.3 Å². The fourth-order valence-electron chi connectivity index (χ4n) is 2.56. The second-order valence-electron chi connectivity index (χ2n) is 5.40. The summed E-state index contributed by atoms with van der Waals surface area (Å²) in [5.41, 5.74) is 2.91. The summed E-state index contributed by atoms with van der Waals surface area (Å²) >= 11 is 1.56. The van der Waals surface area contributed by atoms with Crippen molar-refractivity contribution in [1.29, 1.82) is 0 Å². The van der Waals surface area contributed by atoms with Gasteiger partial charge in [-0.1, -0.05) is 6.07 Å². The molecule has 3 rings (SSSR count). The van der Waals surface area contributed by atoms with E-state index in [0.29, 0.717) is 28.6 Å². The number of rotatable bonds is 5. The molecule has 2 aromatic heterocycles. The molecule has 0 aliphatic carbocycles. The highest BCUT2D eigenvalue weighted by Gasteiger charge is 2.07. The maximum absolute atomic E-state index is 13.4. The van der Waals surface area contributed by atoms with E-state index in [1.165, 1.54) is 12.1 Å². The minimum absolute atomic E-state index is 0.0861. The molecule has 0 fully saturated rings. The number of methoxy groups -OCH3 is 1. The molecule has 0 spiro atoms. The number of thioether (sulfide) groups is 1. The average Bonchev–Trinajstić information content (AvgIpc) is 2.55. The van der Waals surface area contributed by atoms with Gasteiger partial charge in [0.2, 0.25) is 0 Å². The molecule has 24 heavy (non-hydrogen) atoms. The second kappa shape index (κ2) is 7.05. The van der Waals surface area contributed by atoms with Crippen molar-refractivity contribution in [3.63, 3.8) is 0 Å². The van der Waals surface area contributed by atoms with Crippen molar-refractivity contribution in [2.45, 2.75) is 18.4 Å². The number of aryl methyl sites for hydroxylation is 1. The number of hydrogen-bond acceptors (Lipinski definition) is 4. The molecule has 124 valence electrons. The Morgan fingerprint density at radius 2 is 2.04 bits per heavy atom. The molecule has 4 nitrogen and oxygen atoms in total. The van der Waals surface area contributed by atoms with Crippen LogP contribution in [0.3, 0.4) is 0 Å². The molecule has 0 saturated heterocycles. The lowest BCUT2D eigenvalue weighted by atomic mass is 10.2. The molecule has 0 unspecified atom stereocenters. The van der Waals surface area contributed by atoms with Crippen LogP contribution in [0.15, 0.2) is 47.3 Å². The van der Waals surface area contributed by atoms with Crippen molar-refractivity contribution >= 4 is 17.4 Å². The van der Waals surface area contributed by atoms with Gasteiger partial charge in [-0.05, 0) is 37.3 Å². The summed E-state index contributed by atoms with van der Waals surface area (Å²) < 4.78 is 20.2. The molecule has 0 N–H and O–H groups in total. The van der Waals surface area contributed by atoms with Gasteiger partial charge in [-0.3, -0.25) is 9.20 Å². The fourth-order valence-corrected chi connectivity index (χ4v) is 3.47. The third kappa shape index (κ3) is 3.43. The number of ether oxygens (including phenoxy) is 1. The first-order valence-corrected chi connectivity index (χ1v) is 8.62. The topological polar surface area (TPSA) is 43.6 Å². The first-order chi connectivity index (χ1) is 11.6. The minimum Gasteiger partial charge on any atom is -0.496 e. The third-order valence-electron chi connectivity index (χ3n) is 3.68. The molecule has 3 aromatic rings. The molecule has 6 heteroatoms. The van der Waals surface area contributed by atoms with Gasteiger partial charge in [0.15, 0.2) is 0 Å². The smallest absolute Gasteiger partial charge is 0.258 e. The van der Waals surface area contributed by atoms with Gasteiger partial charge < -0.3 is 4.74 Å². The van der Waals surface area contributed by atoms with Crippen molar-refractivity contribution in [1.82, 2.24) is 9.38 Å². The van der Waals surface area contributed by atoms with E-state index < -0.39 is 0 Å². The number of fused-ring (bicyclic) bond motifs is 1. The van der Waals surface area contributed by atoms with Gasteiger partial charge in [0.1, 0.15) is 17.2 Å². The van der Waals surface area contributed by atoms with Crippen LogP contribution in [0, 0.1) is 12.7 Å². The maximum Gasteiger partial charge on any atom is 0.258 e. The highest BCUT2D eigenvalue weighted by molar-refractivity contribution is 7.97. The van der Waals surface area contributed by atoms with E-state index in [0.717, 1.165) is 11.3 Å². The Kier molecular flexibility index (Phi) is 4.85. The zero-order valence-electron chi connectivity index (χ0n) is 13.5. The quantitative estimate of drug-likeness (QED) is 0.709. The minimum atomic E-state index is -0.288. The number of benzene rings is 1. The molecule has 0 saturated carbocycles. The van der Waals surface area contributed by atoms with Crippen LogP contribution in [0.4, 0.5) is 4.39 Å². The van der Waals surface area contributed by atoms with Crippen molar-refractivity contribution in [3.05, 3.63) is 75.6 Å². The third-order valence-corrected chi connectivity index (χ3v) is 4.70. The summed E-state index contributed by atoms with van der Waals surface area (Å²) in [7, 11) is 1.57. The molecule has 0 radical (unpaired) electrons. The molecule has 0 bridgehead atoms. The summed E-state index contributed by atoms with van der Waals surface area (Å²) in [5, 5.41) is 0. The van der Waals surface area contributed by atoms with Gasteiger partial charge in [-0.25, -0.2) is 9.37 Å². The lowest BCUT2D eigenvalue weighted by Crippen LogP contribution is -2.17.